The lowest BCUT2D eigenvalue weighted by molar-refractivity contribution is -0.224. The van der Waals surface area contributed by atoms with Crippen molar-refractivity contribution in [2.75, 3.05) is 0 Å². The molecule has 1 nitrogen and oxygen atoms in total. The van der Waals surface area contributed by atoms with Crippen molar-refractivity contribution in [1.29, 1.82) is 0 Å². The van der Waals surface area contributed by atoms with Crippen molar-refractivity contribution in [2.24, 2.45) is 23.7 Å². The van der Waals surface area contributed by atoms with Crippen LogP contribution >= 0.6 is 0 Å². The summed E-state index contributed by atoms with van der Waals surface area (Å²) in [6.07, 6.45) is -0.362. The molecule has 0 spiro atoms. The molecule has 2 aromatic carbocycles. The quantitative estimate of drug-likeness (QED) is 0.306. The van der Waals surface area contributed by atoms with Crippen LogP contribution in [0.25, 0.3) is 17.2 Å². The van der Waals surface area contributed by atoms with Crippen LogP contribution in [0.1, 0.15) is 70.3 Å². The van der Waals surface area contributed by atoms with E-state index in [0.29, 0.717) is 55.7 Å². The molecule has 39 heavy (non-hydrogen) atoms. The molecule has 0 amide bonds. The van der Waals surface area contributed by atoms with E-state index in [4.69, 9.17) is 4.74 Å². The normalized spacial score (nSPS) is 24.7. The van der Waals surface area contributed by atoms with E-state index in [-0.39, 0.29) is 23.3 Å². The molecule has 4 rings (SSSR count). The van der Waals surface area contributed by atoms with Crippen LogP contribution in [0.4, 0.5) is 35.1 Å². The van der Waals surface area contributed by atoms with Crippen molar-refractivity contribution in [1.82, 2.24) is 0 Å². The van der Waals surface area contributed by atoms with Gasteiger partial charge in [-0.05, 0) is 92.2 Å². The summed E-state index contributed by atoms with van der Waals surface area (Å²) in [4.78, 5) is 0. The monoisotopic (exact) mass is 560 g/mol. The van der Waals surface area contributed by atoms with Gasteiger partial charge < -0.3 is 4.74 Å². The van der Waals surface area contributed by atoms with Crippen LogP contribution in [-0.2, 0) is 0 Å². The highest BCUT2D eigenvalue weighted by Gasteiger charge is 2.45. The Morgan fingerprint density at radius 1 is 0.769 bits per heavy atom. The standard InChI is InChI=1S/C30H32F8O/c1-2-18-3-5-19(6-4-18)20-7-9-22(10-8-20)30(37,38)39-23-11-12-24(28(33)17-23)21-15-26(31)25(27(32)16-21)13-14-29(34,35)36/h11-20,22H,2-10H2,1H3. The fourth-order valence-electron chi connectivity index (χ4n) is 6.11. The maximum absolute atomic E-state index is 15.0. The second kappa shape index (κ2) is 11.9. The minimum absolute atomic E-state index is 0.244. The topological polar surface area (TPSA) is 9.23 Å². The van der Waals surface area contributed by atoms with Gasteiger partial charge in [0.15, 0.2) is 0 Å². The van der Waals surface area contributed by atoms with Crippen LogP contribution in [0.2, 0.25) is 0 Å². The lowest BCUT2D eigenvalue weighted by Crippen LogP contribution is -2.38. The van der Waals surface area contributed by atoms with Gasteiger partial charge >= 0.3 is 12.3 Å². The number of alkyl halides is 5. The highest BCUT2D eigenvalue weighted by molar-refractivity contribution is 5.68. The number of hydrogen-bond acceptors (Lipinski definition) is 1. The summed E-state index contributed by atoms with van der Waals surface area (Å²) in [7, 11) is 0. The van der Waals surface area contributed by atoms with E-state index in [1.807, 2.05) is 0 Å². The van der Waals surface area contributed by atoms with Gasteiger partial charge in [-0.1, -0.05) is 26.2 Å². The third-order valence-electron chi connectivity index (χ3n) is 8.41. The van der Waals surface area contributed by atoms with E-state index in [0.717, 1.165) is 30.9 Å². The van der Waals surface area contributed by atoms with Gasteiger partial charge in [0.25, 0.3) is 0 Å². The SMILES string of the molecule is CCC1CCC(C2CCC(C(F)(F)Oc3ccc(-c4cc(F)c(C=CC(F)(F)F)c(F)c4)c(F)c3)CC2)CC1. The molecule has 2 aliphatic carbocycles. The Kier molecular flexibility index (Phi) is 8.96. The van der Waals surface area contributed by atoms with E-state index in [9.17, 15) is 35.1 Å². The molecule has 0 aliphatic heterocycles. The number of hydrogen-bond donors (Lipinski definition) is 0. The van der Waals surface area contributed by atoms with Gasteiger partial charge in [0.2, 0.25) is 0 Å². The first-order valence-corrected chi connectivity index (χ1v) is 13.5. The van der Waals surface area contributed by atoms with E-state index in [2.05, 4.69) is 6.92 Å². The first-order valence-electron chi connectivity index (χ1n) is 13.5. The second-order valence-corrected chi connectivity index (χ2v) is 10.8. The Bertz CT molecular complexity index is 1130. The van der Waals surface area contributed by atoms with Gasteiger partial charge in [0, 0.05) is 23.3 Å². The van der Waals surface area contributed by atoms with E-state index >= 15 is 0 Å². The molecule has 214 valence electrons. The average molecular weight is 561 g/mol. The van der Waals surface area contributed by atoms with Crippen LogP contribution in [0.3, 0.4) is 0 Å². The molecule has 0 radical (unpaired) electrons. The smallest absolute Gasteiger partial charge is 0.409 e. The first kappa shape index (κ1) is 29.4. The van der Waals surface area contributed by atoms with Crippen LogP contribution in [0, 0.1) is 41.1 Å². The number of rotatable bonds is 7. The van der Waals surface area contributed by atoms with Crippen molar-refractivity contribution in [2.45, 2.75) is 77.0 Å². The summed E-state index contributed by atoms with van der Waals surface area (Å²) in [6, 6.07) is 4.20. The third-order valence-corrected chi connectivity index (χ3v) is 8.41. The lowest BCUT2D eigenvalue weighted by Gasteiger charge is -2.39. The maximum atomic E-state index is 15.0. The maximum Gasteiger partial charge on any atom is 0.409 e. The van der Waals surface area contributed by atoms with Gasteiger partial charge in [-0.2, -0.15) is 22.0 Å². The molecule has 0 bridgehead atoms. The largest absolute Gasteiger partial charge is 0.432 e. The van der Waals surface area contributed by atoms with Crippen LogP contribution < -0.4 is 4.74 Å². The lowest BCUT2D eigenvalue weighted by atomic mass is 9.69. The summed E-state index contributed by atoms with van der Waals surface area (Å²) in [5.41, 5.74) is -1.54. The number of halogens is 8. The highest BCUT2D eigenvalue weighted by atomic mass is 19.4. The van der Waals surface area contributed by atoms with Gasteiger partial charge in [0.05, 0.1) is 5.92 Å². The van der Waals surface area contributed by atoms with Crippen molar-refractivity contribution < 1.29 is 39.9 Å². The second-order valence-electron chi connectivity index (χ2n) is 10.8. The molecule has 9 heteroatoms. The van der Waals surface area contributed by atoms with Crippen LogP contribution in [0.15, 0.2) is 36.4 Å². The van der Waals surface area contributed by atoms with E-state index < -0.39 is 47.0 Å². The predicted octanol–water partition coefficient (Wildman–Crippen LogP) is 10.3. The van der Waals surface area contributed by atoms with Crippen molar-refractivity contribution >= 4 is 6.08 Å². The fourth-order valence-corrected chi connectivity index (χ4v) is 6.11. The molecular formula is C30H32F8O. The molecule has 0 atom stereocenters. The molecule has 2 saturated carbocycles. The molecule has 0 saturated heterocycles. The average Bonchev–Trinajstić information content (AvgIpc) is 2.87. The van der Waals surface area contributed by atoms with Crippen molar-refractivity contribution in [3.63, 3.8) is 0 Å². The first-order chi connectivity index (χ1) is 18.4. The minimum atomic E-state index is -4.77. The van der Waals surface area contributed by atoms with Crippen molar-refractivity contribution in [3.8, 4) is 16.9 Å². The molecule has 0 N–H and O–H groups in total. The Balaban J connectivity index is 1.40. The number of ether oxygens (including phenoxy) is 1. The van der Waals surface area contributed by atoms with Crippen LogP contribution in [0.5, 0.6) is 5.75 Å². The summed E-state index contributed by atoms with van der Waals surface area (Å²) in [5, 5.41) is 0. The fraction of sp³-hybridized carbons (Fsp3) is 0.533. The van der Waals surface area contributed by atoms with Crippen molar-refractivity contribution in [3.05, 3.63) is 59.4 Å². The summed E-state index contributed by atoms with van der Waals surface area (Å²) < 4.78 is 115. The highest BCUT2D eigenvalue weighted by Crippen LogP contribution is 2.46. The van der Waals surface area contributed by atoms with Gasteiger partial charge in [-0.3, -0.25) is 0 Å². The molecule has 2 aromatic rings. The molecular weight excluding hydrogens is 528 g/mol. The Hall–Kier alpha value is -2.58. The molecule has 0 heterocycles. The Labute approximate surface area is 223 Å². The zero-order valence-electron chi connectivity index (χ0n) is 21.6. The zero-order chi connectivity index (χ0) is 28.4. The molecule has 2 aliphatic rings. The van der Waals surface area contributed by atoms with Gasteiger partial charge in [-0.15, -0.1) is 0 Å². The van der Waals surface area contributed by atoms with Crippen LogP contribution in [-0.4, -0.2) is 12.3 Å². The molecule has 0 unspecified atom stereocenters. The number of benzene rings is 2. The Morgan fingerprint density at radius 2 is 1.33 bits per heavy atom. The zero-order valence-corrected chi connectivity index (χ0v) is 21.6. The predicted molar refractivity (Wildman–Crippen MR) is 134 cm³/mol. The van der Waals surface area contributed by atoms with E-state index in [1.54, 1.807) is 0 Å². The number of allylic oxidation sites excluding steroid dienone is 1. The van der Waals surface area contributed by atoms with E-state index in [1.165, 1.54) is 19.3 Å². The summed E-state index contributed by atoms with van der Waals surface area (Å²) >= 11 is 0. The molecule has 0 aromatic heterocycles. The Morgan fingerprint density at radius 3 is 1.85 bits per heavy atom. The summed E-state index contributed by atoms with van der Waals surface area (Å²) in [5.74, 6) is -3.32. The van der Waals surface area contributed by atoms with Gasteiger partial charge in [-0.25, -0.2) is 13.2 Å². The minimum Gasteiger partial charge on any atom is -0.432 e. The summed E-state index contributed by atoms with van der Waals surface area (Å²) in [6.45, 7) is 2.21. The van der Waals surface area contributed by atoms with Gasteiger partial charge in [0.1, 0.15) is 23.2 Å². The third kappa shape index (κ3) is 7.34. The molecule has 2 fully saturated rings.